The normalized spacial score (nSPS) is 20.8. The number of rotatable bonds is 1. The summed E-state index contributed by atoms with van der Waals surface area (Å²) in [6.45, 7) is 5.65. The molecule has 1 saturated heterocycles. The maximum Gasteiger partial charge on any atom is 0.254 e. The molecule has 142 valence electrons. The molecule has 0 saturated carbocycles. The number of aromatic nitrogens is 2. The Labute approximate surface area is 163 Å². The van der Waals surface area contributed by atoms with E-state index in [1.807, 2.05) is 23.1 Å². The quantitative estimate of drug-likeness (QED) is 0.712. The number of nitrogens with one attached hydrogen (secondary N) is 1. The van der Waals surface area contributed by atoms with E-state index < -0.39 is 0 Å². The van der Waals surface area contributed by atoms with E-state index in [0.717, 1.165) is 16.6 Å². The molecule has 3 aromatic rings. The Morgan fingerprint density at radius 3 is 2.89 bits per heavy atom. The molecular formula is C22H22N4O2. The van der Waals surface area contributed by atoms with Crippen LogP contribution in [0.15, 0.2) is 48.8 Å². The van der Waals surface area contributed by atoms with E-state index in [4.69, 9.17) is 0 Å². The van der Waals surface area contributed by atoms with Gasteiger partial charge in [-0.05, 0) is 29.3 Å². The summed E-state index contributed by atoms with van der Waals surface area (Å²) in [6, 6.07) is 13.6. The second kappa shape index (κ2) is 5.92. The number of aromatic amines is 1. The number of fused-ring (bicyclic) bond motifs is 4. The van der Waals surface area contributed by atoms with Gasteiger partial charge in [-0.15, -0.1) is 0 Å². The van der Waals surface area contributed by atoms with Crippen molar-refractivity contribution in [2.24, 2.45) is 0 Å². The summed E-state index contributed by atoms with van der Waals surface area (Å²) in [7, 11) is 0. The van der Waals surface area contributed by atoms with Gasteiger partial charge < -0.3 is 14.8 Å². The van der Waals surface area contributed by atoms with Crippen molar-refractivity contribution in [3.63, 3.8) is 0 Å². The number of hydrogen-bond acceptors (Lipinski definition) is 3. The summed E-state index contributed by atoms with van der Waals surface area (Å²) >= 11 is 0. The number of amides is 2. The second-order valence-electron chi connectivity index (χ2n) is 8.33. The van der Waals surface area contributed by atoms with Gasteiger partial charge in [-0.2, -0.15) is 0 Å². The minimum atomic E-state index is -0.119. The van der Waals surface area contributed by atoms with Crippen LogP contribution in [0.2, 0.25) is 0 Å². The van der Waals surface area contributed by atoms with Crippen molar-refractivity contribution in [1.29, 1.82) is 0 Å². The fraction of sp³-hybridized carbons (Fsp3) is 0.318. The van der Waals surface area contributed by atoms with E-state index in [2.05, 4.69) is 35.9 Å². The van der Waals surface area contributed by atoms with E-state index in [1.54, 1.807) is 23.4 Å². The van der Waals surface area contributed by atoms with Gasteiger partial charge in [0.1, 0.15) is 6.54 Å². The minimum absolute atomic E-state index is 0.00907. The molecule has 0 bridgehead atoms. The summed E-state index contributed by atoms with van der Waals surface area (Å²) in [5, 5.41) is 0. The summed E-state index contributed by atoms with van der Waals surface area (Å²) in [6.07, 6.45) is 1.61. The van der Waals surface area contributed by atoms with Crippen molar-refractivity contribution in [3.05, 3.63) is 65.5 Å². The molecule has 1 fully saturated rings. The zero-order valence-electron chi connectivity index (χ0n) is 16.0. The Kier molecular flexibility index (Phi) is 3.59. The molecule has 1 N–H and O–H groups in total. The van der Waals surface area contributed by atoms with Crippen LogP contribution in [0.3, 0.4) is 0 Å². The highest BCUT2D eigenvalue weighted by Gasteiger charge is 2.44. The van der Waals surface area contributed by atoms with Crippen LogP contribution in [-0.4, -0.2) is 51.2 Å². The van der Waals surface area contributed by atoms with Crippen LogP contribution in [0.5, 0.6) is 0 Å². The molecule has 2 aromatic carbocycles. The lowest BCUT2D eigenvalue weighted by atomic mass is 9.75. The van der Waals surface area contributed by atoms with Gasteiger partial charge in [0, 0.05) is 24.1 Å². The molecule has 1 unspecified atom stereocenters. The van der Waals surface area contributed by atoms with Gasteiger partial charge in [-0.25, -0.2) is 4.98 Å². The van der Waals surface area contributed by atoms with Gasteiger partial charge in [0.15, 0.2) is 0 Å². The Balaban J connectivity index is 1.49. The molecule has 1 aromatic heterocycles. The summed E-state index contributed by atoms with van der Waals surface area (Å²) in [4.78, 5) is 37.0. The van der Waals surface area contributed by atoms with E-state index >= 15 is 0 Å². The van der Waals surface area contributed by atoms with Crippen molar-refractivity contribution in [2.75, 3.05) is 19.6 Å². The molecule has 0 radical (unpaired) electrons. The molecule has 6 nitrogen and oxygen atoms in total. The topological polar surface area (TPSA) is 69.3 Å². The van der Waals surface area contributed by atoms with Crippen molar-refractivity contribution in [1.82, 2.24) is 19.8 Å². The molecular weight excluding hydrogens is 352 g/mol. The van der Waals surface area contributed by atoms with Gasteiger partial charge in [0.05, 0.1) is 23.4 Å². The number of carbonyl (C=O) groups excluding carboxylic acids is 2. The van der Waals surface area contributed by atoms with Gasteiger partial charge in [0.2, 0.25) is 5.91 Å². The third-order valence-corrected chi connectivity index (χ3v) is 5.98. The standard InChI is InChI=1S/C22H22N4O2/c1-22(2)12-26-19(15-5-3-4-6-16(15)22)10-25(11-20(26)27)21(28)14-7-8-17-18(9-14)24-13-23-17/h3-9,13,19H,10-12H2,1-2H3,(H,23,24). The zero-order chi connectivity index (χ0) is 19.5. The number of carbonyl (C=O) groups is 2. The van der Waals surface area contributed by atoms with Crippen LogP contribution in [0.25, 0.3) is 11.0 Å². The SMILES string of the molecule is CC1(C)CN2C(=O)CN(C(=O)c3ccc4nc[nH]c4c3)CC2c2ccccc21. The number of H-pyrrole nitrogens is 1. The highest BCUT2D eigenvalue weighted by Crippen LogP contribution is 2.41. The highest BCUT2D eigenvalue weighted by atomic mass is 16.2. The molecule has 5 rings (SSSR count). The van der Waals surface area contributed by atoms with Crippen LogP contribution in [0.4, 0.5) is 0 Å². The number of imidazole rings is 1. The second-order valence-corrected chi connectivity index (χ2v) is 8.33. The van der Waals surface area contributed by atoms with Crippen LogP contribution in [0.1, 0.15) is 41.4 Å². The average Bonchev–Trinajstić information content (AvgIpc) is 3.16. The van der Waals surface area contributed by atoms with Crippen LogP contribution >= 0.6 is 0 Å². The Bertz CT molecular complexity index is 1100. The molecule has 2 amide bonds. The molecule has 2 aliphatic heterocycles. The summed E-state index contributed by atoms with van der Waals surface area (Å²) in [5.41, 5.74) is 4.52. The molecule has 0 spiro atoms. The predicted molar refractivity (Wildman–Crippen MR) is 106 cm³/mol. The van der Waals surface area contributed by atoms with Crippen molar-refractivity contribution in [3.8, 4) is 0 Å². The average molecular weight is 374 g/mol. The van der Waals surface area contributed by atoms with Gasteiger partial charge >= 0.3 is 0 Å². The van der Waals surface area contributed by atoms with E-state index in [-0.39, 0.29) is 29.8 Å². The third kappa shape index (κ3) is 2.52. The zero-order valence-corrected chi connectivity index (χ0v) is 16.0. The fourth-order valence-electron chi connectivity index (χ4n) is 4.59. The number of hydrogen-bond donors (Lipinski definition) is 1. The lowest BCUT2D eigenvalue weighted by Gasteiger charge is -2.49. The lowest BCUT2D eigenvalue weighted by Crippen LogP contribution is -2.58. The maximum absolute atomic E-state index is 13.1. The van der Waals surface area contributed by atoms with E-state index in [9.17, 15) is 9.59 Å². The molecule has 28 heavy (non-hydrogen) atoms. The minimum Gasteiger partial charge on any atom is -0.345 e. The first-order valence-electron chi connectivity index (χ1n) is 9.55. The Hall–Kier alpha value is -3.15. The first-order valence-corrected chi connectivity index (χ1v) is 9.55. The van der Waals surface area contributed by atoms with Crippen LogP contribution in [0, 0.1) is 0 Å². The van der Waals surface area contributed by atoms with Crippen LogP contribution in [-0.2, 0) is 10.2 Å². The smallest absolute Gasteiger partial charge is 0.254 e. The van der Waals surface area contributed by atoms with Crippen molar-refractivity contribution < 1.29 is 9.59 Å². The van der Waals surface area contributed by atoms with Gasteiger partial charge in [0.25, 0.3) is 5.91 Å². The van der Waals surface area contributed by atoms with Crippen molar-refractivity contribution >= 4 is 22.8 Å². The number of piperazine rings is 1. The summed E-state index contributed by atoms with van der Waals surface area (Å²) < 4.78 is 0. The largest absolute Gasteiger partial charge is 0.345 e. The molecule has 0 aliphatic carbocycles. The van der Waals surface area contributed by atoms with Gasteiger partial charge in [-0.1, -0.05) is 38.1 Å². The van der Waals surface area contributed by atoms with Crippen molar-refractivity contribution in [2.45, 2.75) is 25.3 Å². The maximum atomic E-state index is 13.1. The van der Waals surface area contributed by atoms with E-state index in [1.165, 1.54) is 5.56 Å². The molecule has 2 aliphatic rings. The van der Waals surface area contributed by atoms with E-state index in [0.29, 0.717) is 18.7 Å². The Morgan fingerprint density at radius 2 is 2.04 bits per heavy atom. The number of benzene rings is 2. The fourth-order valence-corrected chi connectivity index (χ4v) is 4.59. The summed E-state index contributed by atoms with van der Waals surface area (Å²) in [5.74, 6) is -0.110. The Morgan fingerprint density at radius 1 is 1.21 bits per heavy atom. The van der Waals surface area contributed by atoms with Gasteiger partial charge in [-0.3, -0.25) is 9.59 Å². The monoisotopic (exact) mass is 374 g/mol. The molecule has 6 heteroatoms. The number of nitrogens with zero attached hydrogens (tertiary/aromatic N) is 3. The van der Waals surface area contributed by atoms with Crippen LogP contribution < -0.4 is 0 Å². The first-order chi connectivity index (χ1) is 13.4. The molecule has 3 heterocycles. The first kappa shape index (κ1) is 17.0. The lowest BCUT2D eigenvalue weighted by molar-refractivity contribution is -0.140. The molecule has 1 atom stereocenters. The predicted octanol–water partition coefficient (Wildman–Crippen LogP) is 2.88. The highest BCUT2D eigenvalue weighted by molar-refractivity contribution is 5.99. The third-order valence-electron chi connectivity index (χ3n) is 5.98.